The summed E-state index contributed by atoms with van der Waals surface area (Å²) in [5, 5.41) is 0. The Bertz CT molecular complexity index is 246. The van der Waals surface area contributed by atoms with Crippen molar-refractivity contribution < 1.29 is 9.47 Å². The highest BCUT2D eigenvalue weighted by Crippen LogP contribution is 2.08. The predicted molar refractivity (Wildman–Crippen MR) is 55.6 cm³/mol. The summed E-state index contributed by atoms with van der Waals surface area (Å²) in [4.78, 5) is 4.23. The van der Waals surface area contributed by atoms with Crippen LogP contribution in [-0.4, -0.2) is 24.8 Å². The van der Waals surface area contributed by atoms with Gasteiger partial charge in [-0.05, 0) is 25.5 Å². The second-order valence-corrected chi connectivity index (χ2v) is 2.88. The molecular formula is C11H17NO2. The zero-order valence-electron chi connectivity index (χ0n) is 8.82. The lowest BCUT2D eigenvalue weighted by molar-refractivity contribution is 0.110. The average Bonchev–Trinajstić information content (AvgIpc) is 2.25. The lowest BCUT2D eigenvalue weighted by atomic mass is 10.3. The molecule has 14 heavy (non-hydrogen) atoms. The van der Waals surface area contributed by atoms with E-state index in [0.29, 0.717) is 13.2 Å². The maximum Gasteiger partial charge on any atom is 0.137 e. The molecule has 1 rings (SSSR count). The second kappa shape index (κ2) is 6.38. The van der Waals surface area contributed by atoms with Gasteiger partial charge in [0.2, 0.25) is 0 Å². The summed E-state index contributed by atoms with van der Waals surface area (Å²) in [7, 11) is 0. The number of rotatable bonds is 6. The third kappa shape index (κ3) is 3.75. The number of pyridine rings is 1. The van der Waals surface area contributed by atoms with E-state index in [1.807, 2.05) is 19.1 Å². The zero-order valence-corrected chi connectivity index (χ0v) is 8.82. The molecule has 0 fully saturated rings. The lowest BCUT2D eigenvalue weighted by Crippen LogP contribution is -2.06. The Balaban J connectivity index is 2.29. The van der Waals surface area contributed by atoms with Crippen molar-refractivity contribution in [2.75, 3.05) is 19.8 Å². The highest BCUT2D eigenvalue weighted by atomic mass is 16.5. The normalized spacial score (nSPS) is 10.1. The van der Waals surface area contributed by atoms with Crippen LogP contribution in [0.25, 0.3) is 0 Å². The Labute approximate surface area is 85.1 Å². The predicted octanol–water partition coefficient (Wildman–Crippen LogP) is 2.06. The van der Waals surface area contributed by atoms with Gasteiger partial charge in [-0.2, -0.15) is 0 Å². The van der Waals surface area contributed by atoms with Crippen LogP contribution >= 0.6 is 0 Å². The number of aryl methyl sites for hydroxylation is 1. The molecule has 0 saturated heterocycles. The molecule has 0 aliphatic heterocycles. The Kier molecular flexibility index (Phi) is 5.00. The fourth-order valence-electron chi connectivity index (χ4n) is 1.07. The minimum Gasteiger partial charge on any atom is -0.490 e. The molecule has 0 spiro atoms. The van der Waals surface area contributed by atoms with Crippen molar-refractivity contribution in [2.24, 2.45) is 0 Å². The van der Waals surface area contributed by atoms with Gasteiger partial charge in [-0.25, -0.2) is 0 Å². The number of aromatic nitrogens is 1. The summed E-state index contributed by atoms with van der Waals surface area (Å²) >= 11 is 0. The van der Waals surface area contributed by atoms with E-state index in [1.54, 1.807) is 6.20 Å². The maximum atomic E-state index is 5.42. The van der Waals surface area contributed by atoms with Crippen LogP contribution in [0.2, 0.25) is 0 Å². The molecule has 3 nitrogen and oxygen atoms in total. The molecule has 0 aliphatic carbocycles. The van der Waals surface area contributed by atoms with Gasteiger partial charge in [0.15, 0.2) is 0 Å². The highest BCUT2D eigenvalue weighted by molar-refractivity contribution is 5.19. The Morgan fingerprint density at radius 3 is 2.64 bits per heavy atom. The summed E-state index contributed by atoms with van der Waals surface area (Å²) in [6, 6.07) is 3.92. The Morgan fingerprint density at radius 2 is 2.07 bits per heavy atom. The van der Waals surface area contributed by atoms with E-state index in [2.05, 4.69) is 11.9 Å². The molecule has 1 aromatic heterocycles. The van der Waals surface area contributed by atoms with E-state index < -0.39 is 0 Å². The number of ether oxygens (including phenoxy) is 2. The van der Waals surface area contributed by atoms with Gasteiger partial charge in [0.05, 0.1) is 12.8 Å². The van der Waals surface area contributed by atoms with E-state index in [0.717, 1.165) is 24.5 Å². The minimum atomic E-state index is 0.584. The molecule has 0 bridgehead atoms. The van der Waals surface area contributed by atoms with Gasteiger partial charge in [-0.15, -0.1) is 0 Å². The van der Waals surface area contributed by atoms with Gasteiger partial charge in [0.1, 0.15) is 12.4 Å². The quantitative estimate of drug-likeness (QED) is 0.651. The Morgan fingerprint density at radius 1 is 1.21 bits per heavy atom. The highest BCUT2D eigenvalue weighted by Gasteiger charge is 1.94. The monoisotopic (exact) mass is 195 g/mol. The van der Waals surface area contributed by atoms with Crippen LogP contribution in [0.1, 0.15) is 19.5 Å². The van der Waals surface area contributed by atoms with Crippen molar-refractivity contribution in [1.82, 2.24) is 4.98 Å². The van der Waals surface area contributed by atoms with Gasteiger partial charge < -0.3 is 9.47 Å². The summed E-state index contributed by atoms with van der Waals surface area (Å²) in [5.41, 5.74) is 1.09. The molecule has 1 aromatic rings. The summed E-state index contributed by atoms with van der Waals surface area (Å²) in [5.74, 6) is 0.807. The number of hydrogen-bond donors (Lipinski definition) is 0. The maximum absolute atomic E-state index is 5.42. The molecule has 0 amide bonds. The topological polar surface area (TPSA) is 31.4 Å². The van der Waals surface area contributed by atoms with E-state index in [1.165, 1.54) is 0 Å². The SMILES string of the molecule is CCOCCOc1ccc(CC)nc1. The molecule has 0 atom stereocenters. The molecule has 0 aliphatic rings. The molecule has 0 N–H and O–H groups in total. The van der Waals surface area contributed by atoms with E-state index in [4.69, 9.17) is 9.47 Å². The number of nitrogens with zero attached hydrogens (tertiary/aromatic N) is 1. The molecule has 0 radical (unpaired) electrons. The summed E-state index contributed by atoms with van der Waals surface area (Å²) < 4.78 is 10.6. The first-order valence-electron chi connectivity index (χ1n) is 5.02. The van der Waals surface area contributed by atoms with Crippen LogP contribution in [0.5, 0.6) is 5.75 Å². The van der Waals surface area contributed by atoms with Crippen molar-refractivity contribution in [3.8, 4) is 5.75 Å². The zero-order chi connectivity index (χ0) is 10.2. The first-order valence-corrected chi connectivity index (χ1v) is 5.02. The molecule has 0 unspecified atom stereocenters. The van der Waals surface area contributed by atoms with E-state index >= 15 is 0 Å². The summed E-state index contributed by atoms with van der Waals surface area (Å²) in [6.07, 6.45) is 2.71. The molecule has 1 heterocycles. The molecule has 0 saturated carbocycles. The van der Waals surface area contributed by atoms with Crippen LogP contribution in [0.3, 0.4) is 0 Å². The molecule has 3 heteroatoms. The van der Waals surface area contributed by atoms with Crippen molar-refractivity contribution in [3.05, 3.63) is 24.0 Å². The van der Waals surface area contributed by atoms with Crippen molar-refractivity contribution in [3.63, 3.8) is 0 Å². The van der Waals surface area contributed by atoms with Gasteiger partial charge in [0, 0.05) is 12.3 Å². The van der Waals surface area contributed by atoms with E-state index in [9.17, 15) is 0 Å². The van der Waals surface area contributed by atoms with Crippen LogP contribution in [0.15, 0.2) is 18.3 Å². The van der Waals surface area contributed by atoms with Crippen LogP contribution in [-0.2, 0) is 11.2 Å². The van der Waals surface area contributed by atoms with Crippen molar-refractivity contribution in [2.45, 2.75) is 20.3 Å². The molecule has 78 valence electrons. The Hall–Kier alpha value is -1.09. The van der Waals surface area contributed by atoms with Gasteiger partial charge in [-0.3, -0.25) is 4.98 Å². The van der Waals surface area contributed by atoms with Crippen LogP contribution in [0, 0.1) is 0 Å². The fourth-order valence-corrected chi connectivity index (χ4v) is 1.07. The van der Waals surface area contributed by atoms with Crippen LogP contribution in [0.4, 0.5) is 0 Å². The average molecular weight is 195 g/mol. The van der Waals surface area contributed by atoms with Crippen LogP contribution < -0.4 is 4.74 Å². The smallest absolute Gasteiger partial charge is 0.137 e. The van der Waals surface area contributed by atoms with E-state index in [-0.39, 0.29) is 0 Å². The lowest BCUT2D eigenvalue weighted by Gasteiger charge is -2.05. The largest absolute Gasteiger partial charge is 0.490 e. The first kappa shape index (κ1) is 11.0. The van der Waals surface area contributed by atoms with Gasteiger partial charge >= 0.3 is 0 Å². The third-order valence-electron chi connectivity index (χ3n) is 1.86. The first-order chi connectivity index (χ1) is 6.86. The minimum absolute atomic E-state index is 0.584. The van der Waals surface area contributed by atoms with Gasteiger partial charge in [0.25, 0.3) is 0 Å². The van der Waals surface area contributed by atoms with Crippen molar-refractivity contribution >= 4 is 0 Å². The van der Waals surface area contributed by atoms with Gasteiger partial charge in [-0.1, -0.05) is 6.92 Å². The fraction of sp³-hybridized carbons (Fsp3) is 0.545. The second-order valence-electron chi connectivity index (χ2n) is 2.88. The molecular weight excluding hydrogens is 178 g/mol. The third-order valence-corrected chi connectivity index (χ3v) is 1.86. The van der Waals surface area contributed by atoms with Crippen molar-refractivity contribution in [1.29, 1.82) is 0 Å². The standard InChI is InChI=1S/C11H17NO2/c1-3-10-5-6-11(9-12-10)14-8-7-13-4-2/h5-6,9H,3-4,7-8H2,1-2H3. The summed E-state index contributed by atoms with van der Waals surface area (Å²) in [6.45, 7) is 6.00. The number of hydrogen-bond acceptors (Lipinski definition) is 3. The molecule has 0 aromatic carbocycles.